The van der Waals surface area contributed by atoms with Crippen LogP contribution >= 0.6 is 0 Å². The van der Waals surface area contributed by atoms with Gasteiger partial charge in [0.05, 0.1) is 6.61 Å². The molecule has 3 heteroatoms. The van der Waals surface area contributed by atoms with Crippen LogP contribution in [0.5, 0.6) is 0 Å². The number of rotatable bonds is 7. The molecule has 0 saturated carbocycles. The maximum Gasteiger partial charge on any atom is 0.305 e. The molecule has 0 aliphatic heterocycles. The molecule has 0 amide bonds. The maximum atomic E-state index is 11.3. The van der Waals surface area contributed by atoms with Crippen LogP contribution in [-0.4, -0.2) is 18.6 Å². The first kappa shape index (κ1) is 16.2. The molecule has 116 valence electrons. The molecule has 2 rings (SSSR count). The lowest BCUT2D eigenvalue weighted by atomic mass is 9.99. The maximum absolute atomic E-state index is 11.3. The molecule has 1 atom stereocenters. The third-order valence-corrected chi connectivity index (χ3v) is 3.58. The molecular formula is C19H23NO2. The van der Waals surface area contributed by atoms with E-state index in [2.05, 4.69) is 36.4 Å². The minimum Gasteiger partial charge on any atom is -0.466 e. The molecule has 1 unspecified atom stereocenters. The average molecular weight is 297 g/mol. The van der Waals surface area contributed by atoms with Gasteiger partial charge in [0.2, 0.25) is 0 Å². The number of carbonyl (C=O) groups is 1. The second kappa shape index (κ2) is 8.35. The summed E-state index contributed by atoms with van der Waals surface area (Å²) in [6.45, 7) is 2.24. The zero-order valence-corrected chi connectivity index (χ0v) is 13.0. The Kier molecular flexibility index (Phi) is 6.16. The Labute approximate surface area is 132 Å². The monoisotopic (exact) mass is 297 g/mol. The summed E-state index contributed by atoms with van der Waals surface area (Å²) in [5, 5.41) is 0. The van der Waals surface area contributed by atoms with Crippen molar-refractivity contribution in [2.75, 3.05) is 6.61 Å². The van der Waals surface area contributed by atoms with E-state index in [1.54, 1.807) is 0 Å². The van der Waals surface area contributed by atoms with Gasteiger partial charge in [0.25, 0.3) is 0 Å². The Hall–Kier alpha value is -2.13. The molecule has 0 aromatic heterocycles. The van der Waals surface area contributed by atoms with Crippen molar-refractivity contribution < 1.29 is 9.53 Å². The first-order valence-electron chi connectivity index (χ1n) is 7.74. The van der Waals surface area contributed by atoms with E-state index in [9.17, 15) is 4.79 Å². The fourth-order valence-electron chi connectivity index (χ4n) is 2.41. The molecule has 0 bridgehead atoms. The molecule has 0 aliphatic carbocycles. The van der Waals surface area contributed by atoms with Gasteiger partial charge >= 0.3 is 5.97 Å². The first-order chi connectivity index (χ1) is 10.7. The highest BCUT2D eigenvalue weighted by atomic mass is 16.5. The quantitative estimate of drug-likeness (QED) is 0.795. The Morgan fingerprint density at radius 2 is 1.68 bits per heavy atom. The van der Waals surface area contributed by atoms with E-state index in [1.165, 1.54) is 16.7 Å². The SMILES string of the molecule is CCOC(=O)CCC(N)Cc1ccc(-c2ccccc2)cc1. The summed E-state index contributed by atoms with van der Waals surface area (Å²) in [6, 6.07) is 18.7. The van der Waals surface area contributed by atoms with Gasteiger partial charge in [-0.3, -0.25) is 4.79 Å². The van der Waals surface area contributed by atoms with Crippen molar-refractivity contribution in [2.24, 2.45) is 5.73 Å². The van der Waals surface area contributed by atoms with Crippen LogP contribution in [0.2, 0.25) is 0 Å². The molecule has 2 aromatic carbocycles. The average Bonchev–Trinajstić information content (AvgIpc) is 2.55. The zero-order chi connectivity index (χ0) is 15.8. The molecule has 0 heterocycles. The van der Waals surface area contributed by atoms with Crippen LogP contribution in [0, 0.1) is 0 Å². The number of carbonyl (C=O) groups excluding carboxylic acids is 1. The van der Waals surface area contributed by atoms with Crippen molar-refractivity contribution in [1.82, 2.24) is 0 Å². The number of hydrogen-bond donors (Lipinski definition) is 1. The fourth-order valence-corrected chi connectivity index (χ4v) is 2.41. The summed E-state index contributed by atoms with van der Waals surface area (Å²) >= 11 is 0. The largest absolute Gasteiger partial charge is 0.466 e. The lowest BCUT2D eigenvalue weighted by Crippen LogP contribution is -2.24. The Balaban J connectivity index is 1.87. The molecule has 2 N–H and O–H groups in total. The standard InChI is InChI=1S/C19H23NO2/c1-2-22-19(21)13-12-18(20)14-15-8-10-17(11-9-15)16-6-4-3-5-7-16/h3-11,18H,2,12-14,20H2,1H3. The summed E-state index contributed by atoms with van der Waals surface area (Å²) in [6.07, 6.45) is 1.81. The Morgan fingerprint density at radius 3 is 2.32 bits per heavy atom. The predicted molar refractivity (Wildman–Crippen MR) is 89.4 cm³/mol. The van der Waals surface area contributed by atoms with E-state index >= 15 is 0 Å². The van der Waals surface area contributed by atoms with E-state index in [-0.39, 0.29) is 12.0 Å². The van der Waals surface area contributed by atoms with Gasteiger partial charge in [-0.1, -0.05) is 54.6 Å². The third kappa shape index (κ3) is 5.01. The van der Waals surface area contributed by atoms with Crippen LogP contribution < -0.4 is 5.73 Å². The van der Waals surface area contributed by atoms with Crippen molar-refractivity contribution in [2.45, 2.75) is 32.2 Å². The number of ether oxygens (including phenoxy) is 1. The van der Waals surface area contributed by atoms with Gasteiger partial charge in [-0.05, 0) is 36.5 Å². The summed E-state index contributed by atoms with van der Waals surface area (Å²) in [5.41, 5.74) is 9.69. The molecule has 0 aliphatic rings. The van der Waals surface area contributed by atoms with E-state index in [0.717, 1.165) is 6.42 Å². The number of benzene rings is 2. The van der Waals surface area contributed by atoms with Crippen molar-refractivity contribution in [3.05, 3.63) is 60.2 Å². The molecule has 0 radical (unpaired) electrons. The first-order valence-corrected chi connectivity index (χ1v) is 7.74. The van der Waals surface area contributed by atoms with Gasteiger partial charge in [-0.25, -0.2) is 0 Å². The van der Waals surface area contributed by atoms with E-state index in [1.807, 2.05) is 25.1 Å². The van der Waals surface area contributed by atoms with Crippen LogP contribution in [0.4, 0.5) is 0 Å². The van der Waals surface area contributed by atoms with Gasteiger partial charge < -0.3 is 10.5 Å². The molecule has 0 fully saturated rings. The Morgan fingerprint density at radius 1 is 1.05 bits per heavy atom. The van der Waals surface area contributed by atoms with Crippen molar-refractivity contribution in [1.29, 1.82) is 0 Å². The minimum absolute atomic E-state index is 0.0213. The molecule has 0 spiro atoms. The number of nitrogens with two attached hydrogens (primary N) is 1. The van der Waals surface area contributed by atoms with Gasteiger partial charge in [0.1, 0.15) is 0 Å². The van der Waals surface area contributed by atoms with Crippen LogP contribution in [0.1, 0.15) is 25.3 Å². The molecule has 0 saturated heterocycles. The van der Waals surface area contributed by atoms with E-state index < -0.39 is 0 Å². The highest BCUT2D eigenvalue weighted by Crippen LogP contribution is 2.19. The highest BCUT2D eigenvalue weighted by Gasteiger charge is 2.09. The zero-order valence-electron chi connectivity index (χ0n) is 13.0. The minimum atomic E-state index is -0.169. The lowest BCUT2D eigenvalue weighted by Gasteiger charge is -2.11. The van der Waals surface area contributed by atoms with Crippen molar-refractivity contribution in [3.63, 3.8) is 0 Å². The van der Waals surface area contributed by atoms with Crippen molar-refractivity contribution >= 4 is 5.97 Å². The van der Waals surface area contributed by atoms with Gasteiger partial charge in [-0.15, -0.1) is 0 Å². The number of esters is 1. The summed E-state index contributed by atoms with van der Waals surface area (Å²) in [4.78, 5) is 11.3. The summed E-state index contributed by atoms with van der Waals surface area (Å²) in [5.74, 6) is -0.169. The highest BCUT2D eigenvalue weighted by molar-refractivity contribution is 5.69. The number of hydrogen-bond acceptors (Lipinski definition) is 3. The van der Waals surface area contributed by atoms with E-state index in [0.29, 0.717) is 19.4 Å². The van der Waals surface area contributed by atoms with E-state index in [4.69, 9.17) is 10.5 Å². The summed E-state index contributed by atoms with van der Waals surface area (Å²) in [7, 11) is 0. The van der Waals surface area contributed by atoms with Crippen LogP contribution in [-0.2, 0) is 16.0 Å². The molecule has 2 aromatic rings. The van der Waals surface area contributed by atoms with Gasteiger partial charge in [-0.2, -0.15) is 0 Å². The lowest BCUT2D eigenvalue weighted by molar-refractivity contribution is -0.143. The second-order valence-corrected chi connectivity index (χ2v) is 5.37. The normalized spacial score (nSPS) is 11.9. The van der Waals surface area contributed by atoms with Crippen molar-refractivity contribution in [3.8, 4) is 11.1 Å². The van der Waals surface area contributed by atoms with Crippen LogP contribution in [0.3, 0.4) is 0 Å². The fraction of sp³-hybridized carbons (Fsp3) is 0.316. The second-order valence-electron chi connectivity index (χ2n) is 5.37. The van der Waals surface area contributed by atoms with Crippen LogP contribution in [0.15, 0.2) is 54.6 Å². The van der Waals surface area contributed by atoms with Gasteiger partial charge in [0.15, 0.2) is 0 Å². The third-order valence-electron chi connectivity index (χ3n) is 3.58. The topological polar surface area (TPSA) is 52.3 Å². The Bertz CT molecular complexity index is 578. The predicted octanol–water partition coefficient (Wildman–Crippen LogP) is 3.57. The molecule has 22 heavy (non-hydrogen) atoms. The smallest absolute Gasteiger partial charge is 0.305 e. The van der Waals surface area contributed by atoms with Crippen LogP contribution in [0.25, 0.3) is 11.1 Å². The molecule has 3 nitrogen and oxygen atoms in total. The van der Waals surface area contributed by atoms with Gasteiger partial charge in [0, 0.05) is 12.5 Å². The summed E-state index contributed by atoms with van der Waals surface area (Å²) < 4.78 is 4.91. The molecular weight excluding hydrogens is 274 g/mol.